The van der Waals surface area contributed by atoms with Crippen molar-refractivity contribution >= 4 is 33.2 Å². The first-order valence-corrected chi connectivity index (χ1v) is 10.4. The molecule has 0 atom stereocenters. The lowest BCUT2D eigenvalue weighted by Gasteiger charge is -2.15. The fraction of sp³-hybridized carbons (Fsp3) is 0.100. The normalized spacial score (nSPS) is 11.5. The van der Waals surface area contributed by atoms with Gasteiger partial charge in [-0.25, -0.2) is 18.5 Å². The molecule has 0 aliphatic heterocycles. The summed E-state index contributed by atoms with van der Waals surface area (Å²) >= 11 is 0. The van der Waals surface area contributed by atoms with Gasteiger partial charge in [-0.3, -0.25) is 0 Å². The SMILES string of the molecule is C#CCOc1ccc(Nc2nc(Nc3ccc(S(N)(=O)=O)cc3)ncc2C(F)(F)F)cc1. The van der Waals surface area contributed by atoms with Crippen molar-refractivity contribution in [3.8, 4) is 18.1 Å². The number of hydrogen-bond donors (Lipinski definition) is 3. The van der Waals surface area contributed by atoms with Gasteiger partial charge in [0.25, 0.3) is 0 Å². The summed E-state index contributed by atoms with van der Waals surface area (Å²) in [6.07, 6.45) is 1.05. The second kappa shape index (κ2) is 9.13. The molecule has 2 aromatic carbocycles. The molecule has 0 bridgehead atoms. The highest BCUT2D eigenvalue weighted by molar-refractivity contribution is 7.89. The monoisotopic (exact) mass is 463 g/mol. The van der Waals surface area contributed by atoms with E-state index in [1.807, 2.05) is 0 Å². The molecule has 0 amide bonds. The van der Waals surface area contributed by atoms with Crippen LogP contribution < -0.4 is 20.5 Å². The van der Waals surface area contributed by atoms with Crippen LogP contribution in [0.3, 0.4) is 0 Å². The van der Waals surface area contributed by atoms with Crippen LogP contribution >= 0.6 is 0 Å². The molecule has 0 fully saturated rings. The molecule has 8 nitrogen and oxygen atoms in total. The van der Waals surface area contributed by atoms with Crippen LogP contribution in [0.1, 0.15) is 5.56 Å². The van der Waals surface area contributed by atoms with Gasteiger partial charge >= 0.3 is 6.18 Å². The van der Waals surface area contributed by atoms with E-state index in [0.29, 0.717) is 23.3 Å². The molecule has 32 heavy (non-hydrogen) atoms. The summed E-state index contributed by atoms with van der Waals surface area (Å²) in [5.74, 6) is 2.15. The molecule has 1 aromatic heterocycles. The highest BCUT2D eigenvalue weighted by Crippen LogP contribution is 2.35. The molecule has 0 spiro atoms. The maximum absolute atomic E-state index is 13.4. The number of primary sulfonamides is 1. The minimum absolute atomic E-state index is 0.0596. The molecule has 0 aliphatic carbocycles. The first kappa shape index (κ1) is 22.9. The lowest BCUT2D eigenvalue weighted by molar-refractivity contribution is -0.137. The second-order valence-electron chi connectivity index (χ2n) is 6.29. The molecule has 0 radical (unpaired) electrons. The van der Waals surface area contributed by atoms with Crippen molar-refractivity contribution in [3.05, 3.63) is 60.3 Å². The van der Waals surface area contributed by atoms with E-state index in [-0.39, 0.29) is 17.5 Å². The summed E-state index contributed by atoms with van der Waals surface area (Å²) in [4.78, 5) is 7.50. The Morgan fingerprint density at radius 3 is 2.19 bits per heavy atom. The van der Waals surface area contributed by atoms with Crippen molar-refractivity contribution in [2.75, 3.05) is 17.2 Å². The van der Waals surface area contributed by atoms with E-state index in [2.05, 4.69) is 26.5 Å². The Labute approximate surface area is 181 Å². The van der Waals surface area contributed by atoms with E-state index in [9.17, 15) is 21.6 Å². The largest absolute Gasteiger partial charge is 0.481 e. The molecule has 1 heterocycles. The average molecular weight is 463 g/mol. The molecule has 4 N–H and O–H groups in total. The number of ether oxygens (including phenoxy) is 1. The van der Waals surface area contributed by atoms with Gasteiger partial charge in [0.1, 0.15) is 23.7 Å². The number of alkyl halides is 3. The van der Waals surface area contributed by atoms with Crippen LogP contribution in [-0.4, -0.2) is 25.0 Å². The Hall–Kier alpha value is -3.82. The topological polar surface area (TPSA) is 119 Å². The number of halogens is 3. The van der Waals surface area contributed by atoms with Crippen molar-refractivity contribution in [2.24, 2.45) is 5.14 Å². The van der Waals surface area contributed by atoms with Gasteiger partial charge in [0.15, 0.2) is 0 Å². The molecule has 0 aliphatic rings. The molecular weight excluding hydrogens is 447 g/mol. The van der Waals surface area contributed by atoms with Crippen LogP contribution in [0.5, 0.6) is 5.75 Å². The molecule has 166 valence electrons. The molecule has 3 aromatic rings. The van der Waals surface area contributed by atoms with E-state index in [1.54, 1.807) is 12.1 Å². The molecule has 12 heteroatoms. The third kappa shape index (κ3) is 5.87. The van der Waals surface area contributed by atoms with Crippen LogP contribution in [0.2, 0.25) is 0 Å². The number of hydrogen-bond acceptors (Lipinski definition) is 7. The predicted molar refractivity (Wildman–Crippen MR) is 112 cm³/mol. The van der Waals surface area contributed by atoms with Crippen LogP contribution in [0.4, 0.5) is 36.3 Å². The quantitative estimate of drug-likeness (QED) is 0.458. The summed E-state index contributed by atoms with van der Waals surface area (Å²) in [6.45, 7) is 0.0596. The standard InChI is InChI=1S/C20H16F3N5O3S/c1-2-11-31-15-7-3-13(4-8-15)26-18-17(20(21,22)23)12-25-19(28-18)27-14-5-9-16(10-6-14)32(24,29)30/h1,3-10,12H,11H2,(H2,24,29,30)(H2,25,26,27,28). The average Bonchev–Trinajstić information content (AvgIpc) is 2.72. The predicted octanol–water partition coefficient (Wildman–Crippen LogP) is 3.64. The Morgan fingerprint density at radius 2 is 1.62 bits per heavy atom. The summed E-state index contributed by atoms with van der Waals surface area (Å²) in [5, 5.41) is 10.4. The molecule has 0 unspecified atom stereocenters. The van der Waals surface area contributed by atoms with Crippen LogP contribution in [0.15, 0.2) is 59.6 Å². The number of nitrogens with two attached hydrogens (primary N) is 1. The Morgan fingerprint density at radius 1 is 1.03 bits per heavy atom. The number of benzene rings is 2. The summed E-state index contributed by atoms with van der Waals surface area (Å²) in [7, 11) is -3.88. The highest BCUT2D eigenvalue weighted by atomic mass is 32.2. The lowest BCUT2D eigenvalue weighted by Crippen LogP contribution is -2.13. The maximum Gasteiger partial charge on any atom is 0.421 e. The Bertz CT molecular complexity index is 1240. The number of sulfonamides is 1. The van der Waals surface area contributed by atoms with Crippen molar-refractivity contribution in [2.45, 2.75) is 11.1 Å². The van der Waals surface area contributed by atoms with Gasteiger partial charge in [-0.05, 0) is 48.5 Å². The van der Waals surface area contributed by atoms with Gasteiger partial charge in [-0.2, -0.15) is 18.2 Å². The van der Waals surface area contributed by atoms with Gasteiger partial charge in [-0.1, -0.05) is 5.92 Å². The Kier molecular flexibility index (Phi) is 6.52. The van der Waals surface area contributed by atoms with Gasteiger partial charge < -0.3 is 15.4 Å². The lowest BCUT2D eigenvalue weighted by atomic mass is 10.2. The fourth-order valence-electron chi connectivity index (χ4n) is 2.50. The summed E-state index contributed by atoms with van der Waals surface area (Å²) in [6, 6.07) is 11.3. The minimum Gasteiger partial charge on any atom is -0.481 e. The van der Waals surface area contributed by atoms with Gasteiger partial charge in [0.05, 0.1) is 4.90 Å². The number of aromatic nitrogens is 2. The highest BCUT2D eigenvalue weighted by Gasteiger charge is 2.35. The number of nitrogens with one attached hydrogen (secondary N) is 2. The molecule has 0 saturated carbocycles. The number of anilines is 4. The van der Waals surface area contributed by atoms with E-state index in [4.69, 9.17) is 16.3 Å². The van der Waals surface area contributed by atoms with E-state index in [0.717, 1.165) is 0 Å². The van der Waals surface area contributed by atoms with Crippen LogP contribution in [-0.2, 0) is 16.2 Å². The van der Waals surface area contributed by atoms with Crippen molar-refractivity contribution < 1.29 is 26.3 Å². The van der Waals surface area contributed by atoms with E-state index < -0.39 is 27.6 Å². The number of nitrogens with zero attached hydrogens (tertiary/aromatic N) is 2. The number of rotatable bonds is 7. The summed E-state index contributed by atoms with van der Waals surface area (Å²) < 4.78 is 68.1. The first-order valence-electron chi connectivity index (χ1n) is 8.84. The molecule has 0 saturated heterocycles. The first-order chi connectivity index (χ1) is 15.1. The smallest absolute Gasteiger partial charge is 0.421 e. The van der Waals surface area contributed by atoms with E-state index in [1.165, 1.54) is 36.4 Å². The van der Waals surface area contributed by atoms with Gasteiger partial charge in [-0.15, -0.1) is 6.42 Å². The minimum atomic E-state index is -4.70. The van der Waals surface area contributed by atoms with Gasteiger partial charge in [0.2, 0.25) is 16.0 Å². The third-order valence-corrected chi connectivity index (χ3v) is 4.90. The van der Waals surface area contributed by atoms with Crippen molar-refractivity contribution in [1.82, 2.24) is 9.97 Å². The summed E-state index contributed by atoms with van der Waals surface area (Å²) in [5.41, 5.74) is -0.399. The van der Waals surface area contributed by atoms with Crippen LogP contribution in [0.25, 0.3) is 0 Å². The zero-order chi connectivity index (χ0) is 23.4. The van der Waals surface area contributed by atoms with Crippen LogP contribution in [0, 0.1) is 12.3 Å². The maximum atomic E-state index is 13.4. The Balaban J connectivity index is 1.86. The van der Waals surface area contributed by atoms with Crippen molar-refractivity contribution in [3.63, 3.8) is 0 Å². The zero-order valence-electron chi connectivity index (χ0n) is 16.2. The second-order valence-corrected chi connectivity index (χ2v) is 7.85. The van der Waals surface area contributed by atoms with Gasteiger partial charge in [0, 0.05) is 17.6 Å². The molecular formula is C20H16F3N5O3S. The van der Waals surface area contributed by atoms with Crippen molar-refractivity contribution in [1.29, 1.82) is 0 Å². The fourth-order valence-corrected chi connectivity index (χ4v) is 3.01. The zero-order valence-corrected chi connectivity index (χ0v) is 17.0. The third-order valence-electron chi connectivity index (χ3n) is 3.97. The van der Waals surface area contributed by atoms with E-state index >= 15 is 0 Å². The number of terminal acetylenes is 1. The molecule has 3 rings (SSSR count).